The molecule has 0 amide bonds. The Bertz CT molecular complexity index is 593. The molecule has 0 aliphatic carbocycles. The van der Waals surface area contributed by atoms with Gasteiger partial charge in [0.25, 0.3) is 0 Å². The fourth-order valence-electron chi connectivity index (χ4n) is 1.34. The van der Waals surface area contributed by atoms with E-state index in [4.69, 9.17) is 5.73 Å². The normalized spacial score (nSPS) is 11.0. The van der Waals surface area contributed by atoms with Gasteiger partial charge in [-0.3, -0.25) is 4.98 Å². The van der Waals surface area contributed by atoms with E-state index in [1.165, 1.54) is 11.3 Å². The molecule has 0 bridgehead atoms. The Hall–Kier alpha value is -1.40. The van der Waals surface area contributed by atoms with Crippen LogP contribution in [0.2, 0.25) is 0 Å². The molecule has 0 saturated carbocycles. The van der Waals surface area contributed by atoms with Crippen molar-refractivity contribution in [2.24, 2.45) is 5.73 Å². The summed E-state index contributed by atoms with van der Waals surface area (Å²) in [6.45, 7) is 2.14. The van der Waals surface area contributed by atoms with E-state index >= 15 is 0 Å². The van der Waals surface area contributed by atoms with Crippen LogP contribution in [0.25, 0.3) is 10.2 Å². The van der Waals surface area contributed by atoms with Crippen molar-refractivity contribution < 1.29 is 4.42 Å². The summed E-state index contributed by atoms with van der Waals surface area (Å²) in [5.74, 6) is -0.729. The van der Waals surface area contributed by atoms with Crippen LogP contribution in [-0.4, -0.2) is 4.98 Å². The molecule has 0 atom stereocenters. The molecule has 0 radical (unpaired) electrons. The maximum atomic E-state index is 11.3. The van der Waals surface area contributed by atoms with E-state index in [-0.39, 0.29) is 0 Å². The number of hydrogen-bond donors (Lipinski definition) is 2. The van der Waals surface area contributed by atoms with Gasteiger partial charge in [0.15, 0.2) is 0 Å². The van der Waals surface area contributed by atoms with Crippen molar-refractivity contribution in [2.45, 2.75) is 13.5 Å². The van der Waals surface area contributed by atoms with Crippen molar-refractivity contribution in [1.29, 1.82) is 0 Å². The Kier molecular flexibility index (Phi) is 2.01. The van der Waals surface area contributed by atoms with E-state index in [2.05, 4.69) is 9.40 Å². The van der Waals surface area contributed by atoms with E-state index in [1.807, 2.05) is 0 Å². The van der Waals surface area contributed by atoms with Gasteiger partial charge < -0.3 is 10.2 Å². The maximum Gasteiger partial charge on any atom is 0.420 e. The van der Waals surface area contributed by atoms with Crippen molar-refractivity contribution >= 4 is 21.6 Å². The number of nitrogens with one attached hydrogen (secondary N) is 1. The summed E-state index contributed by atoms with van der Waals surface area (Å²) in [6.07, 6.45) is 0. The number of thiophene rings is 1. The lowest BCUT2D eigenvalue weighted by atomic mass is 10.2. The number of hydrogen-bond acceptors (Lipinski definition) is 5. The molecular formula is C8H8N2O3S. The summed E-state index contributed by atoms with van der Waals surface area (Å²) >= 11 is 1.31. The zero-order valence-corrected chi connectivity index (χ0v) is 8.23. The monoisotopic (exact) mass is 212 g/mol. The Morgan fingerprint density at radius 3 is 2.86 bits per heavy atom. The summed E-state index contributed by atoms with van der Waals surface area (Å²) < 4.78 is 4.43. The summed E-state index contributed by atoms with van der Waals surface area (Å²) in [4.78, 5) is 26.1. The molecule has 2 rings (SSSR count). The number of rotatable bonds is 1. The van der Waals surface area contributed by atoms with Crippen LogP contribution in [-0.2, 0) is 6.54 Å². The highest BCUT2D eigenvalue weighted by atomic mass is 32.1. The zero-order chi connectivity index (χ0) is 10.3. The zero-order valence-electron chi connectivity index (χ0n) is 7.42. The first-order valence-electron chi connectivity index (χ1n) is 3.99. The molecule has 74 valence electrons. The van der Waals surface area contributed by atoms with Crippen LogP contribution in [0, 0.1) is 6.92 Å². The van der Waals surface area contributed by atoms with Gasteiger partial charge in [-0.2, -0.15) is 0 Å². The number of aryl methyl sites for hydroxylation is 1. The molecular weight excluding hydrogens is 204 g/mol. The number of nitrogens with two attached hydrogens (primary N) is 1. The lowest BCUT2D eigenvalue weighted by Gasteiger charge is -1.90. The van der Waals surface area contributed by atoms with Crippen molar-refractivity contribution in [2.75, 3.05) is 0 Å². The van der Waals surface area contributed by atoms with Gasteiger partial charge in [0, 0.05) is 11.4 Å². The van der Waals surface area contributed by atoms with Gasteiger partial charge in [-0.1, -0.05) is 0 Å². The van der Waals surface area contributed by atoms with Gasteiger partial charge in [0.05, 0.1) is 5.39 Å². The summed E-state index contributed by atoms with van der Waals surface area (Å²) in [6, 6.07) is 0. The molecule has 0 unspecified atom stereocenters. The highest BCUT2D eigenvalue weighted by Gasteiger charge is 2.12. The largest absolute Gasteiger partial charge is 0.420 e. The first kappa shape index (κ1) is 9.17. The van der Waals surface area contributed by atoms with Crippen LogP contribution in [0.5, 0.6) is 0 Å². The average molecular weight is 212 g/mol. The van der Waals surface area contributed by atoms with E-state index < -0.39 is 11.4 Å². The Morgan fingerprint density at radius 2 is 2.21 bits per heavy atom. The fraction of sp³-hybridized carbons (Fsp3) is 0.250. The van der Waals surface area contributed by atoms with Crippen molar-refractivity contribution in [3.8, 4) is 0 Å². The third-order valence-electron chi connectivity index (χ3n) is 2.04. The van der Waals surface area contributed by atoms with E-state index in [0.29, 0.717) is 16.8 Å². The van der Waals surface area contributed by atoms with E-state index in [1.54, 1.807) is 6.92 Å². The number of aromatic amines is 1. The first-order valence-corrected chi connectivity index (χ1v) is 4.80. The standard InChI is InChI=1S/C8H8N2O3S/c1-3-4(2-9)14-6-5(3)7(11)13-8(12)10-6/h2,9H2,1H3,(H,10,12). The second kappa shape index (κ2) is 3.07. The highest BCUT2D eigenvalue weighted by Crippen LogP contribution is 2.25. The van der Waals surface area contributed by atoms with Crippen LogP contribution >= 0.6 is 11.3 Å². The lowest BCUT2D eigenvalue weighted by molar-refractivity contribution is 0.460. The second-order valence-corrected chi connectivity index (χ2v) is 3.97. The highest BCUT2D eigenvalue weighted by molar-refractivity contribution is 7.18. The molecule has 6 heteroatoms. The Morgan fingerprint density at radius 1 is 1.50 bits per heavy atom. The second-order valence-electron chi connectivity index (χ2n) is 2.86. The Labute approximate surface area is 82.2 Å². The smallest absolute Gasteiger partial charge is 0.372 e. The minimum absolute atomic E-state index is 0.354. The molecule has 0 aliphatic heterocycles. The van der Waals surface area contributed by atoms with Crippen molar-refractivity contribution in [3.63, 3.8) is 0 Å². The van der Waals surface area contributed by atoms with Crippen molar-refractivity contribution in [1.82, 2.24) is 4.98 Å². The lowest BCUT2D eigenvalue weighted by Crippen LogP contribution is -2.13. The number of fused-ring (bicyclic) bond motifs is 1. The SMILES string of the molecule is Cc1c(CN)sc2[nH]c(=O)oc(=O)c12. The van der Waals surface area contributed by atoms with Crippen LogP contribution in [0.4, 0.5) is 0 Å². The topological polar surface area (TPSA) is 89.1 Å². The molecule has 0 aromatic carbocycles. The molecule has 0 saturated heterocycles. The average Bonchev–Trinajstić information content (AvgIpc) is 2.42. The summed E-state index contributed by atoms with van der Waals surface area (Å²) in [5.41, 5.74) is 5.68. The molecule has 5 nitrogen and oxygen atoms in total. The quantitative estimate of drug-likeness (QED) is 0.712. The minimum atomic E-state index is -0.729. The predicted molar refractivity (Wildman–Crippen MR) is 53.6 cm³/mol. The number of H-pyrrole nitrogens is 1. The van der Waals surface area contributed by atoms with Crippen LogP contribution in [0.1, 0.15) is 10.4 Å². The molecule has 2 aromatic heterocycles. The maximum absolute atomic E-state index is 11.3. The van der Waals surface area contributed by atoms with Gasteiger partial charge in [-0.15, -0.1) is 11.3 Å². The first-order chi connectivity index (χ1) is 6.63. The molecule has 0 fully saturated rings. The molecule has 0 spiro atoms. The molecule has 3 N–H and O–H groups in total. The van der Waals surface area contributed by atoms with Gasteiger partial charge in [0.2, 0.25) is 0 Å². The molecule has 2 heterocycles. The van der Waals surface area contributed by atoms with Crippen LogP contribution < -0.4 is 17.1 Å². The minimum Gasteiger partial charge on any atom is -0.372 e. The molecule has 0 aliphatic rings. The van der Waals surface area contributed by atoms with Gasteiger partial charge in [-0.05, 0) is 12.5 Å². The molecule has 2 aromatic rings. The van der Waals surface area contributed by atoms with Gasteiger partial charge in [-0.25, -0.2) is 9.59 Å². The third-order valence-corrected chi connectivity index (χ3v) is 3.27. The fourth-order valence-corrected chi connectivity index (χ4v) is 2.40. The van der Waals surface area contributed by atoms with Crippen molar-refractivity contribution in [3.05, 3.63) is 31.4 Å². The van der Waals surface area contributed by atoms with E-state index in [0.717, 1.165) is 10.4 Å². The predicted octanol–water partition coefficient (Wildman–Crippen LogP) is 0.310. The van der Waals surface area contributed by atoms with Crippen LogP contribution in [0.15, 0.2) is 14.0 Å². The van der Waals surface area contributed by atoms with E-state index in [9.17, 15) is 9.59 Å². The third kappa shape index (κ3) is 1.19. The molecule has 14 heavy (non-hydrogen) atoms. The Balaban J connectivity index is 3.00. The summed E-state index contributed by atoms with van der Waals surface area (Å²) in [5, 5.41) is 0.426. The van der Waals surface area contributed by atoms with Gasteiger partial charge >= 0.3 is 11.4 Å². The van der Waals surface area contributed by atoms with Crippen LogP contribution in [0.3, 0.4) is 0 Å². The summed E-state index contributed by atoms with van der Waals surface area (Å²) in [7, 11) is 0. The number of aromatic nitrogens is 1. The van der Waals surface area contributed by atoms with Gasteiger partial charge in [0.1, 0.15) is 4.83 Å².